The molecule has 3 aromatic carbocycles. The minimum Gasteiger partial charge on any atom is -0.454 e. The van der Waals surface area contributed by atoms with E-state index < -0.39 is 0 Å². The van der Waals surface area contributed by atoms with Crippen LogP contribution >= 0.6 is 34.8 Å². The Morgan fingerprint density at radius 3 is 2.42 bits per heavy atom. The highest BCUT2D eigenvalue weighted by Gasteiger charge is 2.32. The predicted molar refractivity (Wildman–Crippen MR) is 131 cm³/mol. The van der Waals surface area contributed by atoms with E-state index in [9.17, 15) is 4.79 Å². The fraction of sp³-hybridized carbons (Fsp3) is 0.240. The van der Waals surface area contributed by atoms with Gasteiger partial charge in [0.25, 0.3) is 0 Å². The molecular weight excluding hydrogens is 483 g/mol. The van der Waals surface area contributed by atoms with Crippen LogP contribution in [0.3, 0.4) is 0 Å². The van der Waals surface area contributed by atoms with Crippen molar-refractivity contribution in [1.82, 2.24) is 4.90 Å². The third-order valence-corrected chi connectivity index (χ3v) is 6.79. The summed E-state index contributed by atoms with van der Waals surface area (Å²) in [5, 5.41) is 1.84. The van der Waals surface area contributed by atoms with E-state index in [1.165, 1.54) is 0 Å². The Morgan fingerprint density at radius 1 is 0.879 bits per heavy atom. The number of carbonyl (C=O) groups excluding carboxylic acids is 1. The lowest BCUT2D eigenvalue weighted by molar-refractivity contribution is -0.131. The largest absolute Gasteiger partial charge is 0.454 e. The van der Waals surface area contributed by atoms with Gasteiger partial charge in [-0.25, -0.2) is 0 Å². The summed E-state index contributed by atoms with van der Waals surface area (Å²) in [4.78, 5) is 17.4. The first kappa shape index (κ1) is 22.2. The van der Waals surface area contributed by atoms with Gasteiger partial charge in [-0.1, -0.05) is 53.0 Å². The van der Waals surface area contributed by atoms with Crippen LogP contribution in [0.25, 0.3) is 0 Å². The molecule has 2 aliphatic heterocycles. The van der Waals surface area contributed by atoms with Crippen LogP contribution in [-0.2, 0) is 11.2 Å². The van der Waals surface area contributed by atoms with E-state index >= 15 is 0 Å². The minimum atomic E-state index is -0.0737. The van der Waals surface area contributed by atoms with Gasteiger partial charge in [0.15, 0.2) is 11.5 Å². The lowest BCUT2D eigenvalue weighted by Crippen LogP contribution is -2.51. The number of piperazine rings is 1. The first-order valence-corrected chi connectivity index (χ1v) is 11.7. The van der Waals surface area contributed by atoms with Crippen molar-refractivity contribution in [3.63, 3.8) is 0 Å². The van der Waals surface area contributed by atoms with Gasteiger partial charge in [-0.2, -0.15) is 0 Å². The average molecular weight is 504 g/mol. The van der Waals surface area contributed by atoms with Crippen LogP contribution in [-0.4, -0.2) is 37.2 Å². The Balaban J connectivity index is 1.39. The molecule has 8 heteroatoms. The summed E-state index contributed by atoms with van der Waals surface area (Å²) in [7, 11) is 0. The monoisotopic (exact) mass is 502 g/mol. The number of ether oxygens (including phenoxy) is 2. The number of carbonyl (C=O) groups is 1. The molecule has 0 bridgehead atoms. The van der Waals surface area contributed by atoms with Crippen LogP contribution in [0.1, 0.15) is 17.2 Å². The maximum Gasteiger partial charge on any atom is 0.231 e. The number of hydrogen-bond acceptors (Lipinski definition) is 4. The van der Waals surface area contributed by atoms with E-state index in [2.05, 4.69) is 4.90 Å². The summed E-state index contributed by atoms with van der Waals surface area (Å²) in [5.41, 5.74) is 2.85. The molecule has 2 heterocycles. The SMILES string of the molecule is O=C(Cc1ccc2c(c1)OCO2)N1CCN(c2ccc(Cl)cc2Cl)C(c2ccc(Cl)cc2)C1. The highest BCUT2D eigenvalue weighted by atomic mass is 35.5. The van der Waals surface area contributed by atoms with Gasteiger partial charge in [-0.15, -0.1) is 0 Å². The summed E-state index contributed by atoms with van der Waals surface area (Å²) in [6.07, 6.45) is 0.297. The van der Waals surface area contributed by atoms with Gasteiger partial charge in [-0.3, -0.25) is 4.79 Å². The molecule has 3 aromatic rings. The zero-order chi connectivity index (χ0) is 22.9. The molecule has 0 N–H and O–H groups in total. The molecule has 0 aromatic heterocycles. The van der Waals surface area contributed by atoms with Gasteiger partial charge in [0.1, 0.15) is 0 Å². The van der Waals surface area contributed by atoms with Crippen molar-refractivity contribution in [3.05, 3.63) is 86.9 Å². The Morgan fingerprint density at radius 2 is 1.64 bits per heavy atom. The Kier molecular flexibility index (Phi) is 6.28. The van der Waals surface area contributed by atoms with Gasteiger partial charge in [-0.05, 0) is 53.6 Å². The zero-order valence-electron chi connectivity index (χ0n) is 17.6. The van der Waals surface area contributed by atoms with Crippen molar-refractivity contribution >= 4 is 46.4 Å². The van der Waals surface area contributed by atoms with Gasteiger partial charge in [0.05, 0.1) is 23.2 Å². The molecule has 1 fully saturated rings. The smallest absolute Gasteiger partial charge is 0.231 e. The minimum absolute atomic E-state index is 0.0645. The molecule has 1 unspecified atom stereocenters. The first-order chi connectivity index (χ1) is 16.0. The highest BCUT2D eigenvalue weighted by molar-refractivity contribution is 6.36. The van der Waals surface area contributed by atoms with Gasteiger partial charge in [0, 0.05) is 29.7 Å². The topological polar surface area (TPSA) is 42.0 Å². The Hall–Kier alpha value is -2.60. The van der Waals surface area contributed by atoms with E-state index in [1.807, 2.05) is 59.5 Å². The van der Waals surface area contributed by atoms with Crippen LogP contribution in [0.2, 0.25) is 15.1 Å². The number of fused-ring (bicyclic) bond motifs is 1. The average Bonchev–Trinajstić information content (AvgIpc) is 3.27. The molecule has 1 atom stereocenters. The van der Waals surface area contributed by atoms with Crippen molar-refractivity contribution < 1.29 is 14.3 Å². The second-order valence-corrected chi connectivity index (χ2v) is 9.34. The number of halogens is 3. The Bertz CT molecular complexity index is 1190. The van der Waals surface area contributed by atoms with E-state index in [4.69, 9.17) is 44.3 Å². The fourth-order valence-corrected chi connectivity index (χ4v) is 4.96. The lowest BCUT2D eigenvalue weighted by Gasteiger charge is -2.43. The molecular formula is C25H21Cl3N2O3. The van der Waals surface area contributed by atoms with Crippen LogP contribution in [0.4, 0.5) is 5.69 Å². The third-order valence-electron chi connectivity index (χ3n) is 6.00. The maximum absolute atomic E-state index is 13.2. The summed E-state index contributed by atoms with van der Waals surface area (Å²) in [6.45, 7) is 1.97. The fourth-order valence-electron chi connectivity index (χ4n) is 4.32. The van der Waals surface area contributed by atoms with E-state index in [0.29, 0.717) is 52.6 Å². The second kappa shape index (κ2) is 9.34. The number of nitrogens with zero attached hydrogens (tertiary/aromatic N) is 2. The van der Waals surface area contributed by atoms with Crippen LogP contribution in [0.5, 0.6) is 11.5 Å². The summed E-state index contributed by atoms with van der Waals surface area (Å²) in [5.74, 6) is 1.46. The van der Waals surface area contributed by atoms with Crippen LogP contribution in [0.15, 0.2) is 60.7 Å². The molecule has 0 spiro atoms. The summed E-state index contributed by atoms with van der Waals surface area (Å²) < 4.78 is 10.8. The van der Waals surface area contributed by atoms with E-state index in [-0.39, 0.29) is 18.7 Å². The van der Waals surface area contributed by atoms with Crippen molar-refractivity contribution in [1.29, 1.82) is 0 Å². The summed E-state index contributed by atoms with van der Waals surface area (Å²) >= 11 is 18.8. The van der Waals surface area contributed by atoms with Gasteiger partial charge >= 0.3 is 0 Å². The van der Waals surface area contributed by atoms with Crippen molar-refractivity contribution in [2.24, 2.45) is 0 Å². The first-order valence-electron chi connectivity index (χ1n) is 10.6. The number of benzene rings is 3. The molecule has 2 aliphatic rings. The molecule has 5 nitrogen and oxygen atoms in total. The normalized spacial score (nSPS) is 17.4. The Labute approximate surface area is 207 Å². The maximum atomic E-state index is 13.2. The summed E-state index contributed by atoms with van der Waals surface area (Å²) in [6, 6.07) is 18.8. The number of rotatable bonds is 4. The molecule has 0 radical (unpaired) electrons. The van der Waals surface area contributed by atoms with E-state index in [1.54, 1.807) is 6.07 Å². The highest BCUT2D eigenvalue weighted by Crippen LogP contribution is 2.37. The molecule has 5 rings (SSSR count). The molecule has 0 saturated carbocycles. The van der Waals surface area contributed by atoms with Crippen molar-refractivity contribution in [3.8, 4) is 11.5 Å². The van der Waals surface area contributed by atoms with Crippen molar-refractivity contribution in [2.45, 2.75) is 12.5 Å². The zero-order valence-corrected chi connectivity index (χ0v) is 19.9. The van der Waals surface area contributed by atoms with Crippen molar-refractivity contribution in [2.75, 3.05) is 31.3 Å². The van der Waals surface area contributed by atoms with Crippen LogP contribution < -0.4 is 14.4 Å². The molecule has 1 saturated heterocycles. The van der Waals surface area contributed by atoms with Crippen LogP contribution in [0, 0.1) is 0 Å². The van der Waals surface area contributed by atoms with E-state index in [0.717, 1.165) is 16.8 Å². The standard InChI is InChI=1S/C25H21Cl3N2O3/c26-18-4-2-17(3-5-18)22-14-29(9-10-30(22)21-7-6-19(27)13-20(21)28)25(31)12-16-1-8-23-24(11-16)33-15-32-23/h1-8,11,13,22H,9-10,12,14-15H2. The molecule has 1 amide bonds. The van der Waals surface area contributed by atoms with Gasteiger partial charge < -0.3 is 19.3 Å². The number of hydrogen-bond donors (Lipinski definition) is 0. The molecule has 170 valence electrons. The third kappa shape index (κ3) is 4.72. The molecule has 33 heavy (non-hydrogen) atoms. The lowest BCUT2D eigenvalue weighted by atomic mass is 10.0. The van der Waals surface area contributed by atoms with Gasteiger partial charge in [0.2, 0.25) is 12.7 Å². The molecule has 0 aliphatic carbocycles. The number of anilines is 1. The number of amides is 1. The quantitative estimate of drug-likeness (QED) is 0.437. The second-order valence-electron chi connectivity index (χ2n) is 8.06. The predicted octanol–water partition coefficient (Wildman–Crippen LogP) is 6.01.